The van der Waals surface area contributed by atoms with Crippen molar-refractivity contribution in [3.63, 3.8) is 0 Å². The van der Waals surface area contributed by atoms with E-state index in [1.165, 1.54) is 0 Å². The molecule has 0 spiro atoms. The maximum absolute atomic E-state index is 11.9. The number of carbonyl (C=O) groups excluding carboxylic acids is 2. The lowest BCUT2D eigenvalue weighted by Gasteiger charge is -2.24. The molecule has 0 radical (unpaired) electrons. The quantitative estimate of drug-likeness (QED) is 0.500. The van der Waals surface area contributed by atoms with Gasteiger partial charge in [-0.05, 0) is 19.8 Å². The van der Waals surface area contributed by atoms with Crippen LogP contribution >= 0.6 is 0 Å². The van der Waals surface area contributed by atoms with Crippen LogP contribution in [0.4, 0.5) is 0 Å². The molecule has 21 heavy (non-hydrogen) atoms. The van der Waals surface area contributed by atoms with Crippen LogP contribution in [-0.2, 0) is 28.5 Å². The Morgan fingerprint density at radius 2 is 1.90 bits per heavy atom. The van der Waals surface area contributed by atoms with E-state index in [-0.39, 0.29) is 12.2 Å². The Morgan fingerprint density at radius 3 is 2.57 bits per heavy atom. The van der Waals surface area contributed by atoms with Crippen LogP contribution in [0.3, 0.4) is 0 Å². The van der Waals surface area contributed by atoms with Gasteiger partial charge in [-0.25, -0.2) is 9.59 Å². The van der Waals surface area contributed by atoms with E-state index in [2.05, 4.69) is 0 Å². The summed E-state index contributed by atoms with van der Waals surface area (Å²) in [6.07, 6.45) is 3.05. The molecule has 0 bridgehead atoms. The monoisotopic (exact) mass is 302 g/mol. The highest BCUT2D eigenvalue weighted by atomic mass is 16.9. The first-order chi connectivity index (χ1) is 10.0. The summed E-state index contributed by atoms with van der Waals surface area (Å²) in [5.41, 5.74) is 0.187. The topological polar surface area (TPSA) is 91.3 Å². The largest absolute Gasteiger partial charge is 0.398 e. The van der Waals surface area contributed by atoms with Crippen LogP contribution in [0.2, 0.25) is 0 Å². The number of aliphatic hydroxyl groups is 1. The molecule has 0 saturated carbocycles. The van der Waals surface area contributed by atoms with E-state index in [1.54, 1.807) is 0 Å². The summed E-state index contributed by atoms with van der Waals surface area (Å²) in [5, 5.41) is 10.0. The van der Waals surface area contributed by atoms with Crippen LogP contribution < -0.4 is 0 Å². The van der Waals surface area contributed by atoms with E-state index in [1.807, 2.05) is 13.8 Å². The molecule has 0 fully saturated rings. The fraction of sp³-hybridized carbons (Fsp3) is 0.714. The van der Waals surface area contributed by atoms with Crippen LogP contribution in [-0.4, -0.2) is 49.4 Å². The molecule has 1 unspecified atom stereocenters. The molecule has 1 atom stereocenters. The minimum absolute atomic E-state index is 0.182. The Bertz CT molecular complexity index is 391. The van der Waals surface area contributed by atoms with Gasteiger partial charge < -0.3 is 24.1 Å². The third kappa shape index (κ3) is 6.24. The lowest BCUT2D eigenvalue weighted by molar-refractivity contribution is -0.337. The molecule has 0 saturated heterocycles. The van der Waals surface area contributed by atoms with Gasteiger partial charge in [-0.3, -0.25) is 0 Å². The van der Waals surface area contributed by atoms with E-state index >= 15 is 0 Å². The zero-order valence-electron chi connectivity index (χ0n) is 12.4. The number of hydrogen-bond acceptors (Lipinski definition) is 7. The number of cyclic esters (lactones) is 2. The Morgan fingerprint density at radius 1 is 1.19 bits per heavy atom. The predicted molar refractivity (Wildman–Crippen MR) is 72.1 cm³/mol. The van der Waals surface area contributed by atoms with Crippen LogP contribution in [0.1, 0.15) is 33.1 Å². The van der Waals surface area contributed by atoms with Gasteiger partial charge in [-0.1, -0.05) is 13.3 Å². The lowest BCUT2D eigenvalue weighted by atomic mass is 10.1. The molecule has 0 aromatic carbocycles. The molecule has 1 rings (SSSR count). The second-order valence-electron chi connectivity index (χ2n) is 4.55. The first-order valence-corrected chi connectivity index (χ1v) is 7.05. The molecular formula is C14H22O7. The van der Waals surface area contributed by atoms with Gasteiger partial charge in [0, 0.05) is 18.3 Å². The van der Waals surface area contributed by atoms with Gasteiger partial charge in [0.2, 0.25) is 0 Å². The molecule has 1 aliphatic heterocycles. The second-order valence-corrected chi connectivity index (χ2v) is 4.55. The van der Waals surface area contributed by atoms with Gasteiger partial charge in [0.25, 0.3) is 0 Å². The number of rotatable bonds is 9. The van der Waals surface area contributed by atoms with Gasteiger partial charge in [-0.15, -0.1) is 0 Å². The molecule has 7 nitrogen and oxygen atoms in total. The molecule has 120 valence electrons. The highest BCUT2D eigenvalue weighted by Crippen LogP contribution is 2.21. The van der Waals surface area contributed by atoms with E-state index < -0.39 is 24.5 Å². The normalized spacial score (nSPS) is 22.3. The maximum Gasteiger partial charge on any atom is 0.398 e. The Labute approximate surface area is 123 Å². The molecule has 7 heteroatoms. The Kier molecular flexibility index (Phi) is 7.35. The minimum Gasteiger partial charge on any atom is -0.393 e. The van der Waals surface area contributed by atoms with Gasteiger partial charge in [0.15, 0.2) is 6.61 Å². The molecule has 1 aliphatic rings. The minimum atomic E-state index is -2.40. The van der Waals surface area contributed by atoms with Crippen molar-refractivity contribution in [3.8, 4) is 0 Å². The van der Waals surface area contributed by atoms with E-state index in [9.17, 15) is 14.7 Å². The molecule has 1 N–H and O–H groups in total. The first-order valence-electron chi connectivity index (χ1n) is 7.05. The summed E-state index contributed by atoms with van der Waals surface area (Å²) in [4.78, 5) is 23.4. The number of esters is 2. The van der Waals surface area contributed by atoms with E-state index in [0.29, 0.717) is 19.6 Å². The van der Waals surface area contributed by atoms with Crippen LogP contribution in [0.15, 0.2) is 11.6 Å². The Hall–Kier alpha value is -1.44. The average molecular weight is 302 g/mol. The molecule has 1 heterocycles. The van der Waals surface area contributed by atoms with Crippen molar-refractivity contribution in [1.29, 1.82) is 0 Å². The summed E-state index contributed by atoms with van der Waals surface area (Å²) in [6.45, 7) is 4.39. The standard InChI is InChI=1S/C14H22O7/c1-3-5-6-11-9-12(15)20-14(17,21-13(11)16)10-19-8-7-18-4-2/h9,17H,3-8,10H2,1-2H3. The van der Waals surface area contributed by atoms with E-state index in [4.69, 9.17) is 18.9 Å². The van der Waals surface area contributed by atoms with Gasteiger partial charge in [0.05, 0.1) is 13.2 Å². The van der Waals surface area contributed by atoms with Crippen LogP contribution in [0, 0.1) is 0 Å². The molecule has 0 aromatic heterocycles. The summed E-state index contributed by atoms with van der Waals surface area (Å²) >= 11 is 0. The third-order valence-electron chi connectivity index (χ3n) is 2.73. The number of ether oxygens (including phenoxy) is 4. The van der Waals surface area contributed by atoms with Gasteiger partial charge in [0.1, 0.15) is 0 Å². The second kappa shape index (κ2) is 8.76. The average Bonchev–Trinajstić information content (AvgIpc) is 2.52. The SMILES string of the molecule is CCCCC1=CC(=O)OC(O)(COCCOCC)OC1=O. The number of carbonyl (C=O) groups is 2. The number of hydrogen-bond donors (Lipinski definition) is 1. The zero-order chi connectivity index (χ0) is 15.7. The molecule has 0 aromatic rings. The number of unbranched alkanes of at least 4 members (excludes halogenated alkanes) is 1. The molecular weight excluding hydrogens is 280 g/mol. The van der Waals surface area contributed by atoms with Crippen molar-refractivity contribution >= 4 is 11.9 Å². The van der Waals surface area contributed by atoms with Crippen LogP contribution in [0.5, 0.6) is 0 Å². The molecule has 0 amide bonds. The smallest absolute Gasteiger partial charge is 0.393 e. The fourth-order valence-corrected chi connectivity index (χ4v) is 1.68. The highest BCUT2D eigenvalue weighted by molar-refractivity contribution is 5.97. The molecule has 0 aliphatic carbocycles. The summed E-state index contributed by atoms with van der Waals surface area (Å²) in [7, 11) is 0. The van der Waals surface area contributed by atoms with Crippen molar-refractivity contribution in [3.05, 3.63) is 11.6 Å². The predicted octanol–water partition coefficient (Wildman–Crippen LogP) is 0.902. The van der Waals surface area contributed by atoms with Crippen molar-refractivity contribution in [2.45, 2.75) is 39.1 Å². The first kappa shape index (κ1) is 17.6. The summed E-state index contributed by atoms with van der Waals surface area (Å²) < 4.78 is 19.7. The summed E-state index contributed by atoms with van der Waals surface area (Å²) in [5.74, 6) is -4.00. The maximum atomic E-state index is 11.9. The van der Waals surface area contributed by atoms with Crippen molar-refractivity contribution in [1.82, 2.24) is 0 Å². The van der Waals surface area contributed by atoms with Gasteiger partial charge in [-0.2, -0.15) is 0 Å². The fourth-order valence-electron chi connectivity index (χ4n) is 1.68. The highest BCUT2D eigenvalue weighted by Gasteiger charge is 2.40. The van der Waals surface area contributed by atoms with Crippen molar-refractivity contribution in [2.75, 3.05) is 26.4 Å². The Balaban J connectivity index is 2.55. The summed E-state index contributed by atoms with van der Waals surface area (Å²) in [6, 6.07) is 0. The van der Waals surface area contributed by atoms with E-state index in [0.717, 1.165) is 18.9 Å². The van der Waals surface area contributed by atoms with Crippen LogP contribution in [0.25, 0.3) is 0 Å². The zero-order valence-corrected chi connectivity index (χ0v) is 12.4. The lowest BCUT2D eigenvalue weighted by Crippen LogP contribution is -2.43. The van der Waals surface area contributed by atoms with Gasteiger partial charge >= 0.3 is 17.9 Å². The van der Waals surface area contributed by atoms with Crippen molar-refractivity contribution in [2.24, 2.45) is 0 Å². The van der Waals surface area contributed by atoms with Crippen molar-refractivity contribution < 1.29 is 33.6 Å². The third-order valence-corrected chi connectivity index (χ3v) is 2.73.